The highest BCUT2D eigenvalue weighted by Gasteiger charge is 2.09. The van der Waals surface area contributed by atoms with Crippen molar-refractivity contribution in [1.29, 1.82) is 0 Å². The van der Waals surface area contributed by atoms with Crippen molar-refractivity contribution in [3.05, 3.63) is 76.8 Å². The highest BCUT2D eigenvalue weighted by molar-refractivity contribution is 6.30. The molecular weight excluding hydrogens is 354 g/mol. The maximum absolute atomic E-state index is 6.18. The standard InChI is InChI=1S/C24H28ClNO/c1-2-3-4-7-15-26-17-23-22-12-6-5-10-20(22)13-14-24(23)27-18-19-9-8-11-21(25)16-19/h5-6,8-14,16,26H,2-4,7,15,17-18H2,1H3. The number of hydrogen-bond acceptors (Lipinski definition) is 2. The number of ether oxygens (including phenoxy) is 1. The first kappa shape index (κ1) is 19.7. The van der Waals surface area contributed by atoms with E-state index in [1.807, 2.05) is 24.3 Å². The van der Waals surface area contributed by atoms with Gasteiger partial charge in [-0.15, -0.1) is 0 Å². The molecule has 3 heteroatoms. The monoisotopic (exact) mass is 381 g/mol. The molecule has 1 N–H and O–H groups in total. The van der Waals surface area contributed by atoms with E-state index < -0.39 is 0 Å². The van der Waals surface area contributed by atoms with E-state index in [0.29, 0.717) is 6.61 Å². The predicted molar refractivity (Wildman–Crippen MR) is 116 cm³/mol. The van der Waals surface area contributed by atoms with Crippen LogP contribution in [0, 0.1) is 0 Å². The molecule has 0 atom stereocenters. The summed E-state index contributed by atoms with van der Waals surface area (Å²) in [6.07, 6.45) is 5.09. The largest absolute Gasteiger partial charge is 0.489 e. The maximum Gasteiger partial charge on any atom is 0.124 e. The van der Waals surface area contributed by atoms with Crippen molar-refractivity contribution in [3.8, 4) is 5.75 Å². The number of rotatable bonds is 10. The Balaban J connectivity index is 1.73. The van der Waals surface area contributed by atoms with Crippen LogP contribution in [0.5, 0.6) is 5.75 Å². The smallest absolute Gasteiger partial charge is 0.124 e. The van der Waals surface area contributed by atoms with Gasteiger partial charge in [0.15, 0.2) is 0 Å². The SMILES string of the molecule is CCCCCCNCc1c(OCc2cccc(Cl)c2)ccc2ccccc12. The Labute approximate surface area is 167 Å². The Morgan fingerprint density at radius 3 is 2.67 bits per heavy atom. The van der Waals surface area contributed by atoms with E-state index in [-0.39, 0.29) is 0 Å². The Kier molecular flexibility index (Phi) is 7.55. The molecule has 0 heterocycles. The normalized spacial score (nSPS) is 11.0. The third kappa shape index (κ3) is 5.72. The molecule has 3 aromatic carbocycles. The summed E-state index contributed by atoms with van der Waals surface area (Å²) in [6, 6.07) is 20.6. The van der Waals surface area contributed by atoms with Gasteiger partial charge in [0.2, 0.25) is 0 Å². The molecule has 0 bridgehead atoms. The molecule has 0 radical (unpaired) electrons. The fourth-order valence-electron chi connectivity index (χ4n) is 3.31. The lowest BCUT2D eigenvalue weighted by atomic mass is 10.0. The van der Waals surface area contributed by atoms with Crippen molar-refractivity contribution >= 4 is 22.4 Å². The van der Waals surface area contributed by atoms with E-state index in [2.05, 4.69) is 48.6 Å². The molecule has 0 saturated heterocycles. The number of halogens is 1. The van der Waals surface area contributed by atoms with Gasteiger partial charge < -0.3 is 10.1 Å². The number of nitrogens with one attached hydrogen (secondary N) is 1. The van der Waals surface area contributed by atoms with Crippen LogP contribution in [0.3, 0.4) is 0 Å². The summed E-state index contributed by atoms with van der Waals surface area (Å²) >= 11 is 6.09. The summed E-state index contributed by atoms with van der Waals surface area (Å²) in [5, 5.41) is 6.84. The summed E-state index contributed by atoms with van der Waals surface area (Å²) in [5.74, 6) is 0.940. The number of unbranched alkanes of at least 4 members (excludes halogenated alkanes) is 3. The van der Waals surface area contributed by atoms with Crippen molar-refractivity contribution < 1.29 is 4.74 Å². The third-order valence-electron chi connectivity index (χ3n) is 4.79. The number of fused-ring (bicyclic) bond motifs is 1. The van der Waals surface area contributed by atoms with Crippen LogP contribution in [0.4, 0.5) is 0 Å². The minimum absolute atomic E-state index is 0.516. The number of hydrogen-bond donors (Lipinski definition) is 1. The van der Waals surface area contributed by atoms with Crippen LogP contribution >= 0.6 is 11.6 Å². The molecule has 0 saturated carbocycles. The van der Waals surface area contributed by atoms with Crippen LogP contribution in [0.15, 0.2) is 60.7 Å². The summed E-state index contributed by atoms with van der Waals surface area (Å²) in [7, 11) is 0. The molecular formula is C24H28ClNO. The minimum atomic E-state index is 0.516. The van der Waals surface area contributed by atoms with E-state index in [4.69, 9.17) is 16.3 Å². The Morgan fingerprint density at radius 2 is 1.81 bits per heavy atom. The second kappa shape index (κ2) is 10.3. The van der Waals surface area contributed by atoms with Crippen LogP contribution in [0.25, 0.3) is 10.8 Å². The highest BCUT2D eigenvalue weighted by Crippen LogP contribution is 2.29. The Hall–Kier alpha value is -2.03. The van der Waals surface area contributed by atoms with Crippen LogP contribution in [-0.4, -0.2) is 6.54 Å². The molecule has 0 fully saturated rings. The fraction of sp³-hybridized carbons (Fsp3) is 0.333. The summed E-state index contributed by atoms with van der Waals surface area (Å²) in [4.78, 5) is 0. The molecule has 0 aliphatic carbocycles. The molecule has 0 aromatic heterocycles. The van der Waals surface area contributed by atoms with Gasteiger partial charge in [0.05, 0.1) is 0 Å². The topological polar surface area (TPSA) is 21.3 Å². The van der Waals surface area contributed by atoms with E-state index >= 15 is 0 Å². The first-order chi connectivity index (χ1) is 13.3. The maximum atomic E-state index is 6.18. The second-order valence-electron chi connectivity index (χ2n) is 6.92. The van der Waals surface area contributed by atoms with Gasteiger partial charge in [0.1, 0.15) is 12.4 Å². The molecule has 0 spiro atoms. The average Bonchev–Trinajstić information content (AvgIpc) is 2.69. The molecule has 2 nitrogen and oxygen atoms in total. The lowest BCUT2D eigenvalue weighted by Gasteiger charge is -2.15. The molecule has 27 heavy (non-hydrogen) atoms. The van der Waals surface area contributed by atoms with Crippen molar-refractivity contribution in [2.24, 2.45) is 0 Å². The second-order valence-corrected chi connectivity index (χ2v) is 7.36. The van der Waals surface area contributed by atoms with Gasteiger partial charge in [0, 0.05) is 17.1 Å². The molecule has 0 unspecified atom stereocenters. The van der Waals surface area contributed by atoms with E-state index in [9.17, 15) is 0 Å². The van der Waals surface area contributed by atoms with Crippen LogP contribution < -0.4 is 10.1 Å². The zero-order valence-electron chi connectivity index (χ0n) is 16.0. The van der Waals surface area contributed by atoms with Gasteiger partial charge >= 0.3 is 0 Å². The molecule has 0 aliphatic heterocycles. The molecule has 142 valence electrons. The lowest BCUT2D eigenvalue weighted by molar-refractivity contribution is 0.302. The van der Waals surface area contributed by atoms with Crippen LogP contribution in [0.2, 0.25) is 5.02 Å². The van der Waals surface area contributed by atoms with Gasteiger partial charge in [-0.3, -0.25) is 0 Å². The van der Waals surface area contributed by atoms with Crippen molar-refractivity contribution in [2.45, 2.75) is 45.8 Å². The zero-order valence-corrected chi connectivity index (χ0v) is 16.8. The van der Waals surface area contributed by atoms with Crippen molar-refractivity contribution in [2.75, 3.05) is 6.54 Å². The first-order valence-electron chi connectivity index (χ1n) is 9.86. The number of benzene rings is 3. The van der Waals surface area contributed by atoms with Crippen LogP contribution in [0.1, 0.15) is 43.7 Å². The lowest BCUT2D eigenvalue weighted by Crippen LogP contribution is -2.16. The zero-order chi connectivity index (χ0) is 18.9. The Bertz CT molecular complexity index is 862. The van der Waals surface area contributed by atoms with Gasteiger partial charge in [0.25, 0.3) is 0 Å². The predicted octanol–water partition coefficient (Wildman–Crippen LogP) is 6.74. The van der Waals surface area contributed by atoms with Gasteiger partial charge in [-0.1, -0.05) is 80.3 Å². The molecule has 0 aliphatic rings. The molecule has 3 rings (SSSR count). The fourth-order valence-corrected chi connectivity index (χ4v) is 3.52. The quantitative estimate of drug-likeness (QED) is 0.392. The average molecular weight is 382 g/mol. The third-order valence-corrected chi connectivity index (χ3v) is 5.02. The van der Waals surface area contributed by atoms with E-state index in [1.165, 1.54) is 42.0 Å². The van der Waals surface area contributed by atoms with Crippen LogP contribution in [-0.2, 0) is 13.2 Å². The van der Waals surface area contributed by atoms with Gasteiger partial charge in [-0.2, -0.15) is 0 Å². The first-order valence-corrected chi connectivity index (χ1v) is 10.2. The summed E-state index contributed by atoms with van der Waals surface area (Å²) in [5.41, 5.74) is 2.31. The Morgan fingerprint density at radius 1 is 0.926 bits per heavy atom. The molecule has 3 aromatic rings. The van der Waals surface area contributed by atoms with Crippen molar-refractivity contribution in [1.82, 2.24) is 5.32 Å². The van der Waals surface area contributed by atoms with Gasteiger partial charge in [-0.05, 0) is 47.5 Å². The summed E-state index contributed by atoms with van der Waals surface area (Å²) in [6.45, 7) is 4.62. The highest BCUT2D eigenvalue weighted by atomic mass is 35.5. The van der Waals surface area contributed by atoms with E-state index in [0.717, 1.165) is 29.4 Å². The molecule has 0 amide bonds. The van der Waals surface area contributed by atoms with E-state index in [1.54, 1.807) is 0 Å². The van der Waals surface area contributed by atoms with Gasteiger partial charge in [-0.25, -0.2) is 0 Å². The van der Waals surface area contributed by atoms with Crippen molar-refractivity contribution in [3.63, 3.8) is 0 Å². The minimum Gasteiger partial charge on any atom is -0.489 e. The summed E-state index contributed by atoms with van der Waals surface area (Å²) < 4.78 is 6.18.